The summed E-state index contributed by atoms with van der Waals surface area (Å²) in [6.45, 7) is 8.31. The predicted molar refractivity (Wildman–Crippen MR) is 39.6 cm³/mol. The van der Waals surface area contributed by atoms with Crippen LogP contribution in [0.5, 0.6) is 0 Å². The van der Waals surface area contributed by atoms with Crippen molar-refractivity contribution in [3.63, 3.8) is 0 Å². The normalized spacial score (nSPS) is 19.7. The van der Waals surface area contributed by atoms with Gasteiger partial charge in [0.25, 0.3) is 0 Å². The molecule has 0 amide bonds. The summed E-state index contributed by atoms with van der Waals surface area (Å²) in [5.74, 6) is 0. The van der Waals surface area contributed by atoms with Crippen molar-refractivity contribution >= 4 is 0 Å². The van der Waals surface area contributed by atoms with Crippen LogP contribution in [-0.2, 0) is 0 Å². The molecule has 0 aromatic rings. The third-order valence-electron chi connectivity index (χ3n) is 1.80. The highest BCUT2D eigenvalue weighted by molar-refractivity contribution is 4.68. The molecule has 1 rings (SSSR count). The van der Waals surface area contributed by atoms with Gasteiger partial charge in [0.1, 0.15) is 0 Å². The van der Waals surface area contributed by atoms with Crippen LogP contribution >= 0.6 is 0 Å². The maximum Gasteiger partial charge on any atom is 0.0107 e. The van der Waals surface area contributed by atoms with E-state index in [0.717, 1.165) is 13.1 Å². The first-order valence-electron chi connectivity index (χ1n) is 3.86. The van der Waals surface area contributed by atoms with Gasteiger partial charge in [0.15, 0.2) is 0 Å². The van der Waals surface area contributed by atoms with Crippen LogP contribution in [0.1, 0.15) is 13.3 Å². The monoisotopic (exact) mass is 128 g/mol. The fourth-order valence-corrected chi connectivity index (χ4v) is 1.02. The van der Waals surface area contributed by atoms with E-state index in [4.69, 9.17) is 0 Å². The second-order valence-electron chi connectivity index (χ2n) is 2.55. The average molecular weight is 128 g/mol. The van der Waals surface area contributed by atoms with Crippen molar-refractivity contribution in [1.29, 1.82) is 0 Å². The molecular weight excluding hydrogens is 112 g/mol. The Balaban J connectivity index is 1.80. The van der Waals surface area contributed by atoms with Crippen LogP contribution in [0.3, 0.4) is 0 Å². The molecule has 54 valence electrons. The molecule has 0 aromatic heterocycles. The van der Waals surface area contributed by atoms with Crippen molar-refractivity contribution in [3.8, 4) is 0 Å². The molecule has 0 aromatic carbocycles. The number of nitrogens with zero attached hydrogens (tertiary/aromatic N) is 1. The molecule has 0 spiro atoms. The molecular formula is C7H16N2. The van der Waals surface area contributed by atoms with Gasteiger partial charge in [-0.3, -0.25) is 0 Å². The maximum atomic E-state index is 3.31. The van der Waals surface area contributed by atoms with E-state index in [9.17, 15) is 0 Å². The molecule has 1 N–H and O–H groups in total. The molecule has 1 aliphatic heterocycles. The van der Waals surface area contributed by atoms with E-state index in [-0.39, 0.29) is 0 Å². The lowest BCUT2D eigenvalue weighted by Crippen LogP contribution is -2.41. The molecule has 1 fully saturated rings. The molecule has 2 nitrogen and oxygen atoms in total. The van der Waals surface area contributed by atoms with Crippen molar-refractivity contribution in [3.05, 3.63) is 0 Å². The standard InChI is InChI=1S/C7H16N2/c1-2-8-4-7-9-5-3-6-9/h8H,2-7H2,1H3. The Kier molecular flexibility index (Phi) is 3.01. The van der Waals surface area contributed by atoms with Crippen LogP contribution in [0.2, 0.25) is 0 Å². The molecule has 0 bridgehead atoms. The zero-order chi connectivity index (χ0) is 6.53. The molecule has 0 saturated carbocycles. The number of hydrogen-bond acceptors (Lipinski definition) is 2. The Morgan fingerprint density at radius 2 is 2.22 bits per heavy atom. The van der Waals surface area contributed by atoms with Crippen LogP contribution in [0, 0.1) is 0 Å². The Hall–Kier alpha value is -0.0800. The molecule has 2 heteroatoms. The van der Waals surface area contributed by atoms with Crippen molar-refractivity contribution in [2.24, 2.45) is 0 Å². The summed E-state index contributed by atoms with van der Waals surface area (Å²) < 4.78 is 0. The van der Waals surface area contributed by atoms with Gasteiger partial charge in [-0.2, -0.15) is 0 Å². The summed E-state index contributed by atoms with van der Waals surface area (Å²) in [6.07, 6.45) is 1.41. The van der Waals surface area contributed by atoms with Crippen LogP contribution < -0.4 is 5.32 Å². The van der Waals surface area contributed by atoms with Crippen LogP contribution in [-0.4, -0.2) is 37.6 Å². The lowest BCUT2D eigenvalue weighted by molar-refractivity contribution is 0.183. The van der Waals surface area contributed by atoms with E-state index in [1.165, 1.54) is 26.1 Å². The lowest BCUT2D eigenvalue weighted by Gasteiger charge is -2.30. The third-order valence-corrected chi connectivity index (χ3v) is 1.80. The van der Waals surface area contributed by atoms with Gasteiger partial charge in [0, 0.05) is 13.1 Å². The number of hydrogen-bond donors (Lipinski definition) is 1. The fourth-order valence-electron chi connectivity index (χ4n) is 1.02. The van der Waals surface area contributed by atoms with Gasteiger partial charge in [-0.25, -0.2) is 0 Å². The van der Waals surface area contributed by atoms with Gasteiger partial charge >= 0.3 is 0 Å². The van der Waals surface area contributed by atoms with E-state index in [0.29, 0.717) is 0 Å². The Morgan fingerprint density at radius 3 is 2.67 bits per heavy atom. The molecule has 1 aliphatic rings. The average Bonchev–Trinajstić information content (AvgIpc) is 1.76. The largest absolute Gasteiger partial charge is 0.316 e. The summed E-state index contributed by atoms with van der Waals surface area (Å²) >= 11 is 0. The van der Waals surface area contributed by atoms with E-state index in [2.05, 4.69) is 17.1 Å². The summed E-state index contributed by atoms with van der Waals surface area (Å²) in [5, 5.41) is 3.31. The summed E-state index contributed by atoms with van der Waals surface area (Å²) in [6, 6.07) is 0. The number of likely N-dealkylation sites (tertiary alicyclic amines) is 1. The van der Waals surface area contributed by atoms with Gasteiger partial charge in [0.05, 0.1) is 0 Å². The predicted octanol–water partition coefficient (Wildman–Crippen LogP) is 0.302. The SMILES string of the molecule is CCNCCN1CCC1. The third kappa shape index (κ3) is 2.33. The number of likely N-dealkylation sites (N-methyl/N-ethyl adjacent to an activating group) is 1. The van der Waals surface area contributed by atoms with Crippen LogP contribution in [0.4, 0.5) is 0 Å². The molecule has 9 heavy (non-hydrogen) atoms. The zero-order valence-electron chi connectivity index (χ0n) is 6.19. The van der Waals surface area contributed by atoms with Gasteiger partial charge < -0.3 is 10.2 Å². The zero-order valence-corrected chi connectivity index (χ0v) is 6.19. The second-order valence-corrected chi connectivity index (χ2v) is 2.55. The van der Waals surface area contributed by atoms with Gasteiger partial charge in [-0.15, -0.1) is 0 Å². The van der Waals surface area contributed by atoms with Gasteiger partial charge in [-0.05, 0) is 26.1 Å². The number of rotatable bonds is 4. The van der Waals surface area contributed by atoms with Crippen molar-refractivity contribution in [1.82, 2.24) is 10.2 Å². The molecule has 0 aliphatic carbocycles. The maximum absolute atomic E-state index is 3.31. The van der Waals surface area contributed by atoms with Gasteiger partial charge in [-0.1, -0.05) is 6.92 Å². The van der Waals surface area contributed by atoms with Crippen molar-refractivity contribution < 1.29 is 0 Å². The molecule has 1 saturated heterocycles. The first-order valence-corrected chi connectivity index (χ1v) is 3.86. The smallest absolute Gasteiger partial charge is 0.0107 e. The summed E-state index contributed by atoms with van der Waals surface area (Å²) in [5.41, 5.74) is 0. The highest BCUT2D eigenvalue weighted by atomic mass is 15.2. The molecule has 0 unspecified atom stereocenters. The van der Waals surface area contributed by atoms with Crippen LogP contribution in [0.15, 0.2) is 0 Å². The Morgan fingerprint density at radius 1 is 1.44 bits per heavy atom. The minimum atomic E-state index is 1.10. The summed E-state index contributed by atoms with van der Waals surface area (Å²) in [7, 11) is 0. The van der Waals surface area contributed by atoms with Crippen molar-refractivity contribution in [2.45, 2.75) is 13.3 Å². The summed E-state index contributed by atoms with van der Waals surface area (Å²) in [4.78, 5) is 2.47. The highest BCUT2D eigenvalue weighted by Crippen LogP contribution is 2.02. The lowest BCUT2D eigenvalue weighted by atomic mass is 10.2. The van der Waals surface area contributed by atoms with Gasteiger partial charge in [0.2, 0.25) is 0 Å². The van der Waals surface area contributed by atoms with E-state index < -0.39 is 0 Å². The van der Waals surface area contributed by atoms with E-state index in [1.54, 1.807) is 0 Å². The molecule has 1 heterocycles. The number of nitrogens with one attached hydrogen (secondary N) is 1. The first kappa shape index (κ1) is 7.03. The second kappa shape index (κ2) is 3.85. The van der Waals surface area contributed by atoms with Crippen molar-refractivity contribution in [2.75, 3.05) is 32.7 Å². The molecule has 0 radical (unpaired) electrons. The van der Waals surface area contributed by atoms with E-state index in [1.807, 2.05) is 0 Å². The molecule has 0 atom stereocenters. The first-order chi connectivity index (χ1) is 4.43. The van der Waals surface area contributed by atoms with Crippen LogP contribution in [0.25, 0.3) is 0 Å². The van der Waals surface area contributed by atoms with E-state index >= 15 is 0 Å². The Labute approximate surface area is 57.2 Å². The minimum Gasteiger partial charge on any atom is -0.316 e. The highest BCUT2D eigenvalue weighted by Gasteiger charge is 2.11. The minimum absolute atomic E-state index is 1.10. The topological polar surface area (TPSA) is 15.3 Å². The Bertz CT molecular complexity index is 69.3. The fraction of sp³-hybridized carbons (Fsp3) is 1.00. The quantitative estimate of drug-likeness (QED) is 0.548.